The van der Waals surface area contributed by atoms with E-state index >= 15 is 0 Å². The summed E-state index contributed by atoms with van der Waals surface area (Å²) in [5, 5.41) is 3.21. The summed E-state index contributed by atoms with van der Waals surface area (Å²) in [7, 11) is 1.62. The van der Waals surface area contributed by atoms with Gasteiger partial charge in [0.2, 0.25) is 5.91 Å². The summed E-state index contributed by atoms with van der Waals surface area (Å²) in [5.41, 5.74) is 2.83. The highest BCUT2D eigenvalue weighted by molar-refractivity contribution is 7.99. The van der Waals surface area contributed by atoms with Gasteiger partial charge < -0.3 is 5.32 Å². The van der Waals surface area contributed by atoms with Gasteiger partial charge in [0.1, 0.15) is 0 Å². The number of thioether (sulfide) groups is 1. The summed E-state index contributed by atoms with van der Waals surface area (Å²) < 4.78 is 0. The molecule has 0 aliphatic rings. The Labute approximate surface area is 116 Å². The average Bonchev–Trinajstić information content (AvgIpc) is 2.45. The van der Waals surface area contributed by atoms with E-state index in [1.54, 1.807) is 7.05 Å². The van der Waals surface area contributed by atoms with E-state index in [9.17, 15) is 4.79 Å². The topological polar surface area (TPSA) is 54.9 Å². The zero-order chi connectivity index (χ0) is 13.7. The number of aryl methyl sites for hydroxylation is 1. The Hall–Kier alpha value is -1.88. The molecular formula is C14H15N3OS. The molecule has 0 aliphatic heterocycles. The zero-order valence-corrected chi connectivity index (χ0v) is 11.7. The lowest BCUT2D eigenvalue weighted by Crippen LogP contribution is -2.19. The molecule has 5 heteroatoms. The first-order valence-corrected chi connectivity index (χ1v) is 6.92. The Morgan fingerprint density at radius 2 is 2.00 bits per heavy atom. The van der Waals surface area contributed by atoms with Gasteiger partial charge in [-0.25, -0.2) is 9.97 Å². The molecule has 1 aromatic heterocycles. The number of aromatic nitrogens is 2. The summed E-state index contributed by atoms with van der Waals surface area (Å²) in [5.74, 6) is 0.296. The van der Waals surface area contributed by atoms with E-state index in [1.165, 1.54) is 11.8 Å². The van der Waals surface area contributed by atoms with Crippen LogP contribution in [0.5, 0.6) is 0 Å². The average molecular weight is 273 g/mol. The Morgan fingerprint density at radius 3 is 2.68 bits per heavy atom. The minimum Gasteiger partial charge on any atom is -0.358 e. The number of hydrogen-bond acceptors (Lipinski definition) is 4. The van der Waals surface area contributed by atoms with Crippen LogP contribution in [-0.4, -0.2) is 28.7 Å². The van der Waals surface area contributed by atoms with Gasteiger partial charge in [-0.05, 0) is 13.0 Å². The normalized spacial score (nSPS) is 10.2. The third-order valence-corrected chi connectivity index (χ3v) is 3.36. The van der Waals surface area contributed by atoms with Crippen molar-refractivity contribution < 1.29 is 4.79 Å². The van der Waals surface area contributed by atoms with Crippen molar-refractivity contribution in [3.8, 4) is 11.3 Å². The van der Waals surface area contributed by atoms with Crippen LogP contribution in [0.4, 0.5) is 0 Å². The Kier molecular flexibility index (Phi) is 4.52. The summed E-state index contributed by atoms with van der Waals surface area (Å²) >= 11 is 1.34. The standard InChI is InChI=1S/C14H15N3OS/c1-10-8-12(11-6-4-3-5-7-11)17-14(16-10)19-9-13(18)15-2/h3-8H,9H2,1-2H3,(H,15,18). The second-order valence-corrected chi connectivity index (χ2v) is 4.95. The van der Waals surface area contributed by atoms with E-state index in [2.05, 4.69) is 15.3 Å². The Morgan fingerprint density at radius 1 is 1.26 bits per heavy atom. The maximum Gasteiger partial charge on any atom is 0.230 e. The quantitative estimate of drug-likeness (QED) is 0.686. The first-order chi connectivity index (χ1) is 9.19. The number of amides is 1. The van der Waals surface area contributed by atoms with Crippen LogP contribution in [0.3, 0.4) is 0 Å². The van der Waals surface area contributed by atoms with E-state index in [1.807, 2.05) is 43.3 Å². The number of hydrogen-bond donors (Lipinski definition) is 1. The third kappa shape index (κ3) is 3.79. The molecule has 0 spiro atoms. The van der Waals surface area contributed by atoms with E-state index in [0.29, 0.717) is 10.9 Å². The molecule has 0 aliphatic carbocycles. The molecule has 19 heavy (non-hydrogen) atoms. The second kappa shape index (κ2) is 6.33. The molecule has 0 unspecified atom stereocenters. The number of carbonyl (C=O) groups is 1. The number of carbonyl (C=O) groups excluding carboxylic acids is 1. The van der Waals surface area contributed by atoms with Gasteiger partial charge in [0.25, 0.3) is 0 Å². The van der Waals surface area contributed by atoms with Crippen LogP contribution in [0.2, 0.25) is 0 Å². The Bertz CT molecular complexity index is 572. The highest BCUT2D eigenvalue weighted by Crippen LogP contribution is 2.21. The maximum atomic E-state index is 11.2. The lowest BCUT2D eigenvalue weighted by Gasteiger charge is -2.05. The summed E-state index contributed by atoms with van der Waals surface area (Å²) in [4.78, 5) is 20.1. The monoisotopic (exact) mass is 273 g/mol. The summed E-state index contributed by atoms with van der Waals surface area (Å²) in [6.07, 6.45) is 0. The molecule has 1 heterocycles. The SMILES string of the molecule is CNC(=O)CSc1nc(C)cc(-c2ccccc2)n1. The van der Waals surface area contributed by atoms with Gasteiger partial charge in [0.15, 0.2) is 5.16 Å². The molecule has 0 saturated carbocycles. The summed E-state index contributed by atoms with van der Waals surface area (Å²) in [6.45, 7) is 1.93. The molecule has 1 amide bonds. The van der Waals surface area contributed by atoms with Crippen molar-refractivity contribution in [1.82, 2.24) is 15.3 Å². The van der Waals surface area contributed by atoms with Crippen molar-refractivity contribution in [2.75, 3.05) is 12.8 Å². The van der Waals surface area contributed by atoms with Crippen LogP contribution in [0.15, 0.2) is 41.6 Å². The highest BCUT2D eigenvalue weighted by atomic mass is 32.2. The summed E-state index contributed by atoms with van der Waals surface area (Å²) in [6, 6.07) is 11.9. The fraction of sp³-hybridized carbons (Fsp3) is 0.214. The number of benzene rings is 1. The van der Waals surface area contributed by atoms with E-state index in [4.69, 9.17) is 0 Å². The van der Waals surface area contributed by atoms with Crippen LogP contribution in [0.1, 0.15) is 5.69 Å². The molecule has 0 bridgehead atoms. The van der Waals surface area contributed by atoms with Gasteiger partial charge in [-0.2, -0.15) is 0 Å². The predicted octanol–water partition coefficient (Wildman–Crippen LogP) is 2.29. The van der Waals surface area contributed by atoms with Crippen molar-refractivity contribution in [3.63, 3.8) is 0 Å². The van der Waals surface area contributed by atoms with Crippen molar-refractivity contribution in [3.05, 3.63) is 42.1 Å². The molecule has 2 rings (SSSR count). The zero-order valence-electron chi connectivity index (χ0n) is 10.9. The Balaban J connectivity index is 2.22. The van der Waals surface area contributed by atoms with Gasteiger partial charge in [-0.3, -0.25) is 4.79 Å². The molecule has 98 valence electrons. The first kappa shape index (κ1) is 13.5. The maximum absolute atomic E-state index is 11.2. The molecule has 0 fully saturated rings. The van der Waals surface area contributed by atoms with Crippen molar-refractivity contribution in [2.45, 2.75) is 12.1 Å². The van der Waals surface area contributed by atoms with Gasteiger partial charge in [0, 0.05) is 18.3 Å². The molecule has 1 N–H and O–H groups in total. The third-order valence-electron chi connectivity index (χ3n) is 2.51. The predicted molar refractivity (Wildman–Crippen MR) is 77.0 cm³/mol. The van der Waals surface area contributed by atoms with E-state index < -0.39 is 0 Å². The van der Waals surface area contributed by atoms with Crippen LogP contribution in [0, 0.1) is 6.92 Å². The van der Waals surface area contributed by atoms with E-state index in [0.717, 1.165) is 17.0 Å². The van der Waals surface area contributed by atoms with Gasteiger partial charge >= 0.3 is 0 Å². The van der Waals surface area contributed by atoms with Crippen molar-refractivity contribution in [2.24, 2.45) is 0 Å². The highest BCUT2D eigenvalue weighted by Gasteiger charge is 2.07. The number of nitrogens with zero attached hydrogens (tertiary/aromatic N) is 2. The molecular weight excluding hydrogens is 258 g/mol. The number of rotatable bonds is 4. The molecule has 4 nitrogen and oxygen atoms in total. The smallest absolute Gasteiger partial charge is 0.230 e. The van der Waals surface area contributed by atoms with Gasteiger partial charge in [-0.15, -0.1) is 0 Å². The number of nitrogens with one attached hydrogen (secondary N) is 1. The fourth-order valence-electron chi connectivity index (χ4n) is 1.56. The molecule has 1 aromatic carbocycles. The molecule has 0 saturated heterocycles. The van der Waals surface area contributed by atoms with Crippen LogP contribution in [-0.2, 0) is 4.79 Å². The van der Waals surface area contributed by atoms with Crippen molar-refractivity contribution in [1.29, 1.82) is 0 Å². The first-order valence-electron chi connectivity index (χ1n) is 5.93. The van der Waals surface area contributed by atoms with E-state index in [-0.39, 0.29) is 5.91 Å². The second-order valence-electron chi connectivity index (χ2n) is 4.01. The van der Waals surface area contributed by atoms with Crippen LogP contribution in [0.25, 0.3) is 11.3 Å². The lowest BCUT2D eigenvalue weighted by atomic mass is 10.1. The van der Waals surface area contributed by atoms with Crippen LogP contribution >= 0.6 is 11.8 Å². The molecule has 2 aromatic rings. The minimum atomic E-state index is -0.0311. The van der Waals surface area contributed by atoms with Gasteiger partial charge in [-0.1, -0.05) is 42.1 Å². The molecule has 0 radical (unpaired) electrons. The van der Waals surface area contributed by atoms with Gasteiger partial charge in [0.05, 0.1) is 11.4 Å². The lowest BCUT2D eigenvalue weighted by molar-refractivity contribution is -0.118. The molecule has 0 atom stereocenters. The van der Waals surface area contributed by atoms with Crippen molar-refractivity contribution >= 4 is 17.7 Å². The van der Waals surface area contributed by atoms with Crippen LogP contribution < -0.4 is 5.32 Å². The minimum absolute atomic E-state index is 0.0311. The fourth-order valence-corrected chi connectivity index (χ4v) is 2.34. The largest absolute Gasteiger partial charge is 0.358 e.